The van der Waals surface area contributed by atoms with Crippen molar-refractivity contribution in [3.63, 3.8) is 0 Å². The number of rotatable bonds is 8. The van der Waals surface area contributed by atoms with Gasteiger partial charge in [0.1, 0.15) is 12.0 Å². The first kappa shape index (κ1) is 24.3. The van der Waals surface area contributed by atoms with Crippen LogP contribution in [0, 0.1) is 0 Å². The fourth-order valence-electron chi connectivity index (χ4n) is 3.99. The van der Waals surface area contributed by atoms with Gasteiger partial charge in [-0.05, 0) is 45.5 Å². The Labute approximate surface area is 204 Å². The van der Waals surface area contributed by atoms with Crippen LogP contribution in [0.3, 0.4) is 0 Å². The molecule has 2 aromatic heterocycles. The van der Waals surface area contributed by atoms with Crippen molar-refractivity contribution in [3.8, 4) is 0 Å². The third-order valence-corrected chi connectivity index (χ3v) is 6.17. The molecule has 2 fully saturated rings. The van der Waals surface area contributed by atoms with E-state index in [0.29, 0.717) is 30.4 Å². The van der Waals surface area contributed by atoms with E-state index in [4.69, 9.17) is 5.73 Å². The van der Waals surface area contributed by atoms with Gasteiger partial charge in [-0.1, -0.05) is 0 Å². The Bertz CT molecular complexity index is 1140. The molecule has 1 unspecified atom stereocenters. The number of aromatic nitrogens is 3. The van der Waals surface area contributed by atoms with Crippen LogP contribution in [0.15, 0.2) is 47.2 Å². The molecule has 11 heteroatoms. The number of nitrogens with zero attached hydrogens (tertiary/aromatic N) is 6. The highest BCUT2D eigenvalue weighted by Gasteiger charge is 2.30. The number of pyridine rings is 1. The van der Waals surface area contributed by atoms with Gasteiger partial charge >= 0.3 is 0 Å². The normalized spacial score (nSPS) is 18.6. The number of likely N-dealkylation sites (tertiary alicyclic amines) is 1. The first-order chi connectivity index (χ1) is 16.9. The number of anilines is 2. The summed E-state index contributed by atoms with van der Waals surface area (Å²) in [7, 11) is 5.53. The van der Waals surface area contributed by atoms with Crippen molar-refractivity contribution >= 4 is 29.4 Å². The van der Waals surface area contributed by atoms with Crippen LogP contribution in [0.5, 0.6) is 0 Å². The van der Waals surface area contributed by atoms with E-state index in [1.165, 1.54) is 12.5 Å². The zero-order valence-electron chi connectivity index (χ0n) is 20.2. The van der Waals surface area contributed by atoms with Crippen molar-refractivity contribution < 1.29 is 9.59 Å². The Balaban J connectivity index is 1.59. The lowest BCUT2D eigenvalue weighted by atomic mass is 10.2. The molecule has 4 N–H and O–H groups in total. The van der Waals surface area contributed by atoms with E-state index in [1.54, 1.807) is 24.3 Å². The van der Waals surface area contributed by atoms with Gasteiger partial charge in [0.05, 0.1) is 29.5 Å². The molecule has 3 heterocycles. The second kappa shape index (κ2) is 10.6. The maximum Gasteiger partial charge on any atom is 0.276 e. The quantitative estimate of drug-likeness (QED) is 0.381. The molecule has 1 saturated heterocycles. The van der Waals surface area contributed by atoms with E-state index >= 15 is 0 Å². The summed E-state index contributed by atoms with van der Waals surface area (Å²) in [5.41, 5.74) is 8.48. The summed E-state index contributed by atoms with van der Waals surface area (Å²) in [6.07, 6.45) is 8.98. The fraction of sp³-hybridized carbons (Fsp3) is 0.417. The predicted octanol–water partition coefficient (Wildman–Crippen LogP) is 1.26. The Hall–Kier alpha value is -3.86. The van der Waals surface area contributed by atoms with Gasteiger partial charge in [-0.25, -0.2) is 15.0 Å². The number of aliphatic imine (C=N–C) groups is 1. The zero-order chi connectivity index (χ0) is 24.9. The molecule has 4 rings (SSSR count). The Morgan fingerprint density at radius 1 is 1.20 bits per heavy atom. The lowest BCUT2D eigenvalue weighted by Crippen LogP contribution is -2.39. The lowest BCUT2D eigenvalue weighted by molar-refractivity contribution is -0.126. The molecule has 1 atom stereocenters. The molecule has 0 bridgehead atoms. The summed E-state index contributed by atoms with van der Waals surface area (Å²) in [4.78, 5) is 46.9. The Morgan fingerprint density at radius 3 is 2.57 bits per heavy atom. The minimum atomic E-state index is -0.495. The van der Waals surface area contributed by atoms with Gasteiger partial charge in [0, 0.05) is 44.0 Å². The number of nitrogens with one attached hydrogen (secondary N) is 2. The minimum Gasteiger partial charge on any atom is -0.393 e. The highest BCUT2D eigenvalue weighted by atomic mass is 16.2. The van der Waals surface area contributed by atoms with Crippen molar-refractivity contribution in [2.45, 2.75) is 31.2 Å². The van der Waals surface area contributed by atoms with Crippen molar-refractivity contribution in [2.75, 3.05) is 39.5 Å². The maximum atomic E-state index is 13.4. The van der Waals surface area contributed by atoms with Crippen molar-refractivity contribution in [1.82, 2.24) is 30.1 Å². The van der Waals surface area contributed by atoms with Gasteiger partial charge in [0.15, 0.2) is 5.69 Å². The van der Waals surface area contributed by atoms with Crippen LogP contribution in [0.25, 0.3) is 0 Å². The summed E-state index contributed by atoms with van der Waals surface area (Å²) < 4.78 is 0. The zero-order valence-corrected chi connectivity index (χ0v) is 20.2. The number of carbonyl (C=O) groups excluding carboxylic acids is 2. The number of allylic oxidation sites excluding steroid dienone is 1. The molecule has 0 aromatic carbocycles. The molecule has 2 aliphatic rings. The second-order valence-electron chi connectivity index (χ2n) is 8.98. The van der Waals surface area contributed by atoms with Crippen molar-refractivity contribution in [1.29, 1.82) is 0 Å². The molecule has 35 heavy (non-hydrogen) atoms. The molecule has 2 amide bonds. The van der Waals surface area contributed by atoms with Crippen LogP contribution in [0.4, 0.5) is 11.4 Å². The van der Waals surface area contributed by atoms with Crippen LogP contribution in [0.2, 0.25) is 0 Å². The largest absolute Gasteiger partial charge is 0.393 e. The van der Waals surface area contributed by atoms with Crippen LogP contribution in [-0.2, 0) is 4.79 Å². The van der Waals surface area contributed by atoms with Gasteiger partial charge in [-0.2, -0.15) is 0 Å². The molecule has 1 aliphatic heterocycles. The minimum absolute atomic E-state index is 0.0623. The number of hydrogen-bond acceptors (Lipinski definition) is 9. The summed E-state index contributed by atoms with van der Waals surface area (Å²) in [6.45, 7) is 1.18. The predicted molar refractivity (Wildman–Crippen MR) is 133 cm³/mol. The van der Waals surface area contributed by atoms with E-state index in [-0.39, 0.29) is 29.0 Å². The van der Waals surface area contributed by atoms with Crippen LogP contribution >= 0.6 is 0 Å². The van der Waals surface area contributed by atoms with Gasteiger partial charge in [-0.3, -0.25) is 14.6 Å². The molecule has 11 nitrogen and oxygen atoms in total. The van der Waals surface area contributed by atoms with Gasteiger partial charge in [0.2, 0.25) is 0 Å². The Kier molecular flexibility index (Phi) is 7.35. The number of nitrogens with two attached hydrogens (primary N) is 1. The SMILES string of the molecule is CN=CC(NC(=O)c1nc(C2CC2)ccc1Nc1cncnc1)=C(N)C(=O)N1CCC(N(C)C)C1. The van der Waals surface area contributed by atoms with Crippen LogP contribution in [0.1, 0.15) is 41.4 Å². The summed E-state index contributed by atoms with van der Waals surface area (Å²) in [6, 6.07) is 4.01. The number of carbonyl (C=O) groups is 2. The van der Waals surface area contributed by atoms with Crippen LogP contribution in [-0.4, -0.2) is 83.1 Å². The first-order valence-electron chi connectivity index (χ1n) is 11.6. The Morgan fingerprint density at radius 2 is 1.94 bits per heavy atom. The summed E-state index contributed by atoms with van der Waals surface area (Å²) in [5, 5.41) is 5.91. The van der Waals surface area contributed by atoms with E-state index < -0.39 is 5.91 Å². The molecule has 1 saturated carbocycles. The molecule has 0 radical (unpaired) electrons. The number of likely N-dealkylation sites (N-methyl/N-ethyl adjacent to an activating group) is 1. The highest BCUT2D eigenvalue weighted by molar-refractivity contribution is 6.05. The molecular weight excluding hydrogens is 446 g/mol. The summed E-state index contributed by atoms with van der Waals surface area (Å²) in [5.74, 6) is -0.469. The maximum absolute atomic E-state index is 13.4. The third kappa shape index (κ3) is 5.80. The van der Waals surface area contributed by atoms with Crippen LogP contribution < -0.4 is 16.4 Å². The van der Waals surface area contributed by atoms with E-state index in [0.717, 1.165) is 25.0 Å². The number of hydrogen-bond donors (Lipinski definition) is 3. The standard InChI is InChI=1S/C24H31N9O2/c1-26-12-20(21(25)24(35)33-9-8-17(13-33)32(2)3)31-23(34)22-19(29-16-10-27-14-28-11-16)7-6-18(30-22)15-4-5-15/h6-7,10-12,14-15,17,29H,4-5,8-9,13,25H2,1-3H3,(H,31,34). The molecule has 1 aliphatic carbocycles. The molecule has 2 aromatic rings. The molecular formula is C24H31N9O2. The van der Waals surface area contributed by atoms with Crippen molar-refractivity contribution in [3.05, 3.63) is 53.6 Å². The first-order valence-corrected chi connectivity index (χ1v) is 11.6. The fourth-order valence-corrected chi connectivity index (χ4v) is 3.99. The van der Waals surface area contributed by atoms with E-state index in [1.807, 2.05) is 26.2 Å². The highest BCUT2D eigenvalue weighted by Crippen LogP contribution is 2.39. The third-order valence-electron chi connectivity index (χ3n) is 6.17. The van der Waals surface area contributed by atoms with E-state index in [9.17, 15) is 9.59 Å². The average Bonchev–Trinajstić information content (AvgIpc) is 3.59. The van der Waals surface area contributed by atoms with Gasteiger partial charge in [0.25, 0.3) is 11.8 Å². The summed E-state index contributed by atoms with van der Waals surface area (Å²) >= 11 is 0. The van der Waals surface area contributed by atoms with Gasteiger partial charge in [-0.15, -0.1) is 0 Å². The topological polar surface area (TPSA) is 142 Å². The van der Waals surface area contributed by atoms with Gasteiger partial charge < -0.3 is 26.2 Å². The monoisotopic (exact) mass is 477 g/mol. The molecule has 184 valence electrons. The van der Waals surface area contributed by atoms with E-state index in [2.05, 4.69) is 35.5 Å². The number of amides is 2. The average molecular weight is 478 g/mol. The molecule has 0 spiro atoms. The second-order valence-corrected chi connectivity index (χ2v) is 8.98. The lowest BCUT2D eigenvalue weighted by Gasteiger charge is -2.21. The smallest absolute Gasteiger partial charge is 0.276 e. The van der Waals surface area contributed by atoms with Crippen molar-refractivity contribution in [2.24, 2.45) is 10.7 Å².